The van der Waals surface area contributed by atoms with Crippen LogP contribution in [0.15, 0.2) is 54.6 Å². The van der Waals surface area contributed by atoms with Crippen molar-refractivity contribution in [2.75, 3.05) is 18.4 Å². The third kappa shape index (κ3) is 5.52. The van der Waals surface area contributed by atoms with Crippen LogP contribution in [0, 0.1) is 0 Å². The van der Waals surface area contributed by atoms with E-state index in [-0.39, 0.29) is 0 Å². The monoisotopic (exact) mass is 430 g/mol. The Morgan fingerprint density at radius 1 is 1.03 bits per heavy atom. The third-order valence-electron chi connectivity index (χ3n) is 5.85. The lowest BCUT2D eigenvalue weighted by atomic mass is 9.92. The van der Waals surface area contributed by atoms with Gasteiger partial charge in [0.25, 0.3) is 5.91 Å². The van der Waals surface area contributed by atoms with Crippen molar-refractivity contribution in [2.45, 2.75) is 38.6 Å². The third-order valence-corrected chi connectivity index (χ3v) is 5.85. The fraction of sp³-hybridized carbons (Fsp3) is 0.308. The van der Waals surface area contributed by atoms with Gasteiger partial charge in [-0.2, -0.15) is 0 Å². The summed E-state index contributed by atoms with van der Waals surface area (Å²) >= 11 is 0. The lowest BCUT2D eigenvalue weighted by Gasteiger charge is -2.21. The Labute approximate surface area is 188 Å². The number of benzene rings is 2. The predicted octanol–water partition coefficient (Wildman–Crippen LogP) is 4.22. The van der Waals surface area contributed by atoms with E-state index >= 15 is 0 Å². The highest BCUT2D eigenvalue weighted by Crippen LogP contribution is 2.33. The number of nitrogens with zero attached hydrogens (tertiary/aromatic N) is 1. The van der Waals surface area contributed by atoms with Gasteiger partial charge in [-0.05, 0) is 67.5 Å². The second-order valence-electron chi connectivity index (χ2n) is 8.14. The number of aryl methyl sites for hydroxylation is 1. The standard InChI is InChI=1S/C26H30N4O2/c31-25(30-32)15-14-19-10-12-20(13-11-19)18-27-16-5-17-28-26-21-6-1-3-8-23(21)29-24-9-4-2-7-22(24)26/h1,3,6,8,10-15,27,32H,2,4-5,7,9,16-18H2,(H,28,29)(H,30,31)/b15-14+. The first-order chi connectivity index (χ1) is 15.7. The first-order valence-electron chi connectivity index (χ1n) is 11.3. The van der Waals surface area contributed by atoms with Crippen molar-refractivity contribution in [3.63, 3.8) is 0 Å². The fourth-order valence-electron chi connectivity index (χ4n) is 4.19. The average molecular weight is 431 g/mol. The van der Waals surface area contributed by atoms with Crippen molar-refractivity contribution in [3.05, 3.63) is 77.0 Å². The maximum Gasteiger partial charge on any atom is 0.267 e. The lowest BCUT2D eigenvalue weighted by molar-refractivity contribution is -0.124. The second-order valence-corrected chi connectivity index (χ2v) is 8.14. The van der Waals surface area contributed by atoms with Crippen molar-refractivity contribution in [3.8, 4) is 0 Å². The summed E-state index contributed by atoms with van der Waals surface area (Å²) in [5.74, 6) is -0.537. The molecule has 3 aromatic rings. The van der Waals surface area contributed by atoms with E-state index in [0.29, 0.717) is 0 Å². The van der Waals surface area contributed by atoms with Crippen molar-refractivity contribution < 1.29 is 10.0 Å². The van der Waals surface area contributed by atoms with Crippen LogP contribution < -0.4 is 16.1 Å². The zero-order chi connectivity index (χ0) is 22.2. The normalized spacial score (nSPS) is 13.3. The summed E-state index contributed by atoms with van der Waals surface area (Å²) in [7, 11) is 0. The molecule has 0 atom stereocenters. The molecule has 1 aliphatic carbocycles. The van der Waals surface area contributed by atoms with Crippen LogP contribution >= 0.6 is 0 Å². The molecule has 0 spiro atoms. The Morgan fingerprint density at radius 2 is 1.84 bits per heavy atom. The molecule has 0 unspecified atom stereocenters. The molecule has 0 radical (unpaired) electrons. The van der Waals surface area contributed by atoms with Crippen LogP contribution in [0.4, 0.5) is 5.69 Å². The molecule has 0 fully saturated rings. The Balaban J connectivity index is 1.26. The van der Waals surface area contributed by atoms with Gasteiger partial charge < -0.3 is 10.6 Å². The Bertz CT molecular complexity index is 1090. The van der Waals surface area contributed by atoms with E-state index in [0.717, 1.165) is 50.0 Å². The molecular weight excluding hydrogens is 400 g/mol. The largest absolute Gasteiger partial charge is 0.384 e. The van der Waals surface area contributed by atoms with Crippen molar-refractivity contribution >= 4 is 28.6 Å². The van der Waals surface area contributed by atoms with Crippen molar-refractivity contribution in [1.82, 2.24) is 15.8 Å². The molecule has 1 amide bonds. The molecule has 0 aliphatic heterocycles. The number of hydroxylamine groups is 1. The number of carbonyl (C=O) groups is 1. The molecule has 4 rings (SSSR count). The van der Waals surface area contributed by atoms with E-state index in [1.54, 1.807) is 11.6 Å². The van der Waals surface area contributed by atoms with Crippen LogP contribution in [0.2, 0.25) is 0 Å². The number of hydrogen-bond acceptors (Lipinski definition) is 5. The highest BCUT2D eigenvalue weighted by atomic mass is 16.5. The molecule has 0 saturated carbocycles. The molecule has 1 aromatic heterocycles. The maximum absolute atomic E-state index is 11.0. The summed E-state index contributed by atoms with van der Waals surface area (Å²) in [6.07, 6.45) is 8.66. The zero-order valence-corrected chi connectivity index (χ0v) is 18.2. The average Bonchev–Trinajstić information content (AvgIpc) is 2.84. The van der Waals surface area contributed by atoms with Gasteiger partial charge >= 0.3 is 0 Å². The number of nitrogens with one attached hydrogen (secondary N) is 3. The molecule has 166 valence electrons. The summed E-state index contributed by atoms with van der Waals surface area (Å²) in [4.78, 5) is 16.0. The van der Waals surface area contributed by atoms with Gasteiger partial charge in [-0.3, -0.25) is 15.0 Å². The first-order valence-corrected chi connectivity index (χ1v) is 11.3. The van der Waals surface area contributed by atoms with Crippen molar-refractivity contribution in [2.24, 2.45) is 0 Å². The number of carbonyl (C=O) groups excluding carboxylic acids is 1. The summed E-state index contributed by atoms with van der Waals surface area (Å²) in [5, 5.41) is 17.0. The van der Waals surface area contributed by atoms with E-state index in [1.807, 2.05) is 24.3 Å². The van der Waals surface area contributed by atoms with Gasteiger partial charge in [0.1, 0.15) is 0 Å². The maximum atomic E-state index is 11.0. The van der Waals surface area contributed by atoms with Gasteiger partial charge in [0.05, 0.1) is 5.52 Å². The van der Waals surface area contributed by atoms with Crippen LogP contribution in [-0.4, -0.2) is 29.2 Å². The first kappa shape index (κ1) is 22.0. The molecule has 4 N–H and O–H groups in total. The highest BCUT2D eigenvalue weighted by Gasteiger charge is 2.17. The van der Waals surface area contributed by atoms with Crippen LogP contribution in [0.1, 0.15) is 41.6 Å². The minimum absolute atomic E-state index is 0.537. The van der Waals surface area contributed by atoms with E-state index in [2.05, 4.69) is 34.9 Å². The molecule has 6 heteroatoms. The van der Waals surface area contributed by atoms with Crippen LogP contribution in [0.5, 0.6) is 0 Å². The van der Waals surface area contributed by atoms with Gasteiger partial charge in [0.15, 0.2) is 0 Å². The number of anilines is 1. The molecule has 2 aromatic carbocycles. The molecule has 1 heterocycles. The van der Waals surface area contributed by atoms with Gasteiger partial charge in [-0.1, -0.05) is 42.5 Å². The minimum atomic E-state index is -0.537. The molecule has 6 nitrogen and oxygen atoms in total. The SMILES string of the molecule is O=C(/C=C/c1ccc(CNCCCNc2c3c(nc4ccccc24)CCCC3)cc1)NO. The Hall–Kier alpha value is -3.22. The molecule has 0 bridgehead atoms. The fourth-order valence-corrected chi connectivity index (χ4v) is 4.19. The minimum Gasteiger partial charge on any atom is -0.384 e. The number of fused-ring (bicyclic) bond motifs is 2. The Kier molecular flexibility index (Phi) is 7.48. The lowest BCUT2D eigenvalue weighted by Crippen LogP contribution is -2.18. The number of rotatable bonds is 9. The van der Waals surface area contributed by atoms with Gasteiger partial charge in [0.2, 0.25) is 0 Å². The van der Waals surface area contributed by atoms with Crippen LogP contribution in [0.3, 0.4) is 0 Å². The van der Waals surface area contributed by atoms with Crippen LogP contribution in [-0.2, 0) is 24.2 Å². The summed E-state index contributed by atoms with van der Waals surface area (Å²) in [5.41, 5.74) is 8.73. The highest BCUT2D eigenvalue weighted by molar-refractivity contribution is 5.93. The molecular formula is C26H30N4O2. The summed E-state index contributed by atoms with van der Waals surface area (Å²) in [6.45, 7) is 2.65. The second kappa shape index (κ2) is 10.9. The van der Waals surface area contributed by atoms with Gasteiger partial charge in [0, 0.05) is 35.9 Å². The van der Waals surface area contributed by atoms with Gasteiger partial charge in [-0.15, -0.1) is 0 Å². The molecule has 0 saturated heterocycles. The predicted molar refractivity (Wildman–Crippen MR) is 129 cm³/mol. The number of amides is 1. The smallest absolute Gasteiger partial charge is 0.267 e. The molecule has 32 heavy (non-hydrogen) atoms. The van der Waals surface area contributed by atoms with E-state index in [9.17, 15) is 4.79 Å². The van der Waals surface area contributed by atoms with Crippen molar-refractivity contribution in [1.29, 1.82) is 0 Å². The zero-order valence-electron chi connectivity index (χ0n) is 18.2. The number of pyridine rings is 1. The molecule has 1 aliphatic rings. The van der Waals surface area contributed by atoms with E-state index in [1.165, 1.54) is 46.8 Å². The topological polar surface area (TPSA) is 86.3 Å². The number of para-hydroxylation sites is 1. The number of hydrogen-bond donors (Lipinski definition) is 4. The van der Waals surface area contributed by atoms with E-state index in [4.69, 9.17) is 10.2 Å². The van der Waals surface area contributed by atoms with Crippen LogP contribution in [0.25, 0.3) is 17.0 Å². The van der Waals surface area contributed by atoms with Gasteiger partial charge in [-0.25, -0.2) is 5.48 Å². The summed E-state index contributed by atoms with van der Waals surface area (Å²) < 4.78 is 0. The quantitative estimate of drug-likeness (QED) is 0.177. The summed E-state index contributed by atoms with van der Waals surface area (Å²) in [6, 6.07) is 16.4. The Morgan fingerprint density at radius 3 is 2.69 bits per heavy atom. The van der Waals surface area contributed by atoms with E-state index < -0.39 is 5.91 Å². The number of aromatic nitrogens is 1.